The number of nitrogens with zero attached hydrogens (tertiary/aromatic N) is 2. The first-order chi connectivity index (χ1) is 12.3. The van der Waals surface area contributed by atoms with Gasteiger partial charge in [0, 0.05) is 44.8 Å². The van der Waals surface area contributed by atoms with E-state index in [0.29, 0.717) is 18.4 Å². The Bertz CT molecular complexity index is 559. The molecule has 0 unspecified atom stereocenters. The first-order valence-corrected chi connectivity index (χ1v) is 9.40. The first-order valence-electron chi connectivity index (χ1n) is 9.40. The van der Waals surface area contributed by atoms with Crippen LogP contribution < -0.4 is 5.32 Å². The van der Waals surface area contributed by atoms with E-state index >= 15 is 0 Å². The molecular formula is C18H27N3O4. The van der Waals surface area contributed by atoms with Crippen molar-refractivity contribution < 1.29 is 18.8 Å². The average molecular weight is 349 g/mol. The summed E-state index contributed by atoms with van der Waals surface area (Å²) < 4.78 is 16.3. The highest BCUT2D eigenvalue weighted by molar-refractivity contribution is 5.91. The molecule has 3 aliphatic heterocycles. The maximum absolute atomic E-state index is 12.0. The van der Waals surface area contributed by atoms with Gasteiger partial charge in [-0.25, -0.2) is 0 Å². The summed E-state index contributed by atoms with van der Waals surface area (Å²) in [6, 6.07) is 1.57. The topological polar surface area (TPSA) is 76.8 Å². The normalized spacial score (nSPS) is 31.0. The fourth-order valence-electron chi connectivity index (χ4n) is 4.45. The molecule has 7 nitrogen and oxygen atoms in total. The summed E-state index contributed by atoms with van der Waals surface area (Å²) in [6.07, 6.45) is 5.12. The zero-order valence-electron chi connectivity index (χ0n) is 14.6. The van der Waals surface area contributed by atoms with Gasteiger partial charge in [-0.05, 0) is 37.6 Å². The van der Waals surface area contributed by atoms with E-state index in [1.165, 1.54) is 25.6 Å². The molecule has 4 heterocycles. The molecule has 0 spiro atoms. The van der Waals surface area contributed by atoms with Crippen molar-refractivity contribution >= 4 is 5.91 Å². The monoisotopic (exact) mass is 349 g/mol. The third-order valence-electron chi connectivity index (χ3n) is 5.86. The van der Waals surface area contributed by atoms with Gasteiger partial charge in [-0.2, -0.15) is 0 Å². The summed E-state index contributed by atoms with van der Waals surface area (Å²) in [5.74, 6) is 1.94. The quantitative estimate of drug-likeness (QED) is 0.860. The number of hydrogen-bond donors (Lipinski definition) is 1. The maximum Gasteiger partial charge on any atom is 0.289 e. The number of ether oxygens (including phenoxy) is 2. The van der Waals surface area contributed by atoms with Gasteiger partial charge in [-0.3, -0.25) is 4.79 Å². The van der Waals surface area contributed by atoms with Crippen molar-refractivity contribution in [3.05, 3.63) is 18.0 Å². The van der Waals surface area contributed by atoms with Crippen LogP contribution in [0, 0.1) is 17.8 Å². The number of likely N-dealkylation sites (tertiary alicyclic amines) is 1. The first kappa shape index (κ1) is 17.0. The number of rotatable bonds is 5. The highest BCUT2D eigenvalue weighted by Gasteiger charge is 2.41. The molecule has 7 heteroatoms. The second-order valence-electron chi connectivity index (χ2n) is 7.49. The van der Waals surface area contributed by atoms with Crippen LogP contribution in [0.15, 0.2) is 16.8 Å². The molecule has 1 N–H and O–H groups in total. The van der Waals surface area contributed by atoms with E-state index in [9.17, 15) is 4.79 Å². The van der Waals surface area contributed by atoms with Crippen LogP contribution in [0.4, 0.5) is 0 Å². The number of carbonyl (C=O) groups is 1. The Labute approximate surface area is 148 Å². The molecule has 3 fully saturated rings. The Morgan fingerprint density at radius 3 is 3.00 bits per heavy atom. The number of piperidine rings is 1. The Hall–Kier alpha value is -1.44. The van der Waals surface area contributed by atoms with Crippen molar-refractivity contribution in [2.75, 3.05) is 46.0 Å². The fraction of sp³-hybridized carbons (Fsp3) is 0.778. The van der Waals surface area contributed by atoms with Crippen LogP contribution in [-0.2, 0) is 9.47 Å². The summed E-state index contributed by atoms with van der Waals surface area (Å²) in [6.45, 7) is 6.63. The van der Waals surface area contributed by atoms with E-state index in [0.717, 1.165) is 45.2 Å². The maximum atomic E-state index is 12.0. The van der Waals surface area contributed by atoms with Crippen LogP contribution in [0.3, 0.4) is 0 Å². The largest absolute Gasteiger partial charge is 0.381 e. The van der Waals surface area contributed by atoms with Gasteiger partial charge in [0.1, 0.15) is 0 Å². The Kier molecular flexibility index (Phi) is 5.33. The number of carbonyl (C=O) groups excluding carboxylic acids is 1. The summed E-state index contributed by atoms with van der Waals surface area (Å²) >= 11 is 0. The van der Waals surface area contributed by atoms with Crippen LogP contribution in [0.1, 0.15) is 29.8 Å². The number of fused-ring (bicyclic) bond motifs is 1. The van der Waals surface area contributed by atoms with Crippen molar-refractivity contribution in [2.24, 2.45) is 17.8 Å². The van der Waals surface area contributed by atoms with Gasteiger partial charge >= 0.3 is 0 Å². The van der Waals surface area contributed by atoms with E-state index in [-0.39, 0.29) is 17.8 Å². The molecule has 0 bridgehead atoms. The minimum atomic E-state index is -0.221. The third kappa shape index (κ3) is 4.04. The minimum Gasteiger partial charge on any atom is -0.381 e. The molecule has 1 aromatic rings. The minimum absolute atomic E-state index is 0.113. The van der Waals surface area contributed by atoms with Crippen LogP contribution in [0.5, 0.6) is 0 Å². The van der Waals surface area contributed by atoms with Gasteiger partial charge in [-0.1, -0.05) is 5.16 Å². The summed E-state index contributed by atoms with van der Waals surface area (Å²) in [4.78, 5) is 14.6. The summed E-state index contributed by atoms with van der Waals surface area (Å²) in [5, 5.41) is 6.48. The molecule has 0 radical (unpaired) electrons. The van der Waals surface area contributed by atoms with Crippen molar-refractivity contribution in [1.82, 2.24) is 15.4 Å². The predicted molar refractivity (Wildman–Crippen MR) is 90.2 cm³/mol. The molecule has 1 amide bonds. The molecule has 4 rings (SSSR count). The van der Waals surface area contributed by atoms with E-state index in [4.69, 9.17) is 14.0 Å². The van der Waals surface area contributed by atoms with E-state index in [1.54, 1.807) is 6.07 Å². The van der Waals surface area contributed by atoms with E-state index in [2.05, 4.69) is 15.4 Å². The Morgan fingerprint density at radius 1 is 1.32 bits per heavy atom. The van der Waals surface area contributed by atoms with Gasteiger partial charge < -0.3 is 24.2 Å². The number of aromatic nitrogens is 1. The lowest BCUT2D eigenvalue weighted by Gasteiger charge is -2.38. The lowest BCUT2D eigenvalue weighted by molar-refractivity contribution is 0.0402. The second-order valence-corrected chi connectivity index (χ2v) is 7.49. The lowest BCUT2D eigenvalue weighted by Crippen LogP contribution is -2.45. The zero-order valence-corrected chi connectivity index (χ0v) is 14.6. The SMILES string of the molecule is O=C(NC[C@@H]1OC[C@H]2CN(CC3CCOCC3)CC[C@H]21)c1ccno1. The molecule has 1 aromatic heterocycles. The number of nitrogens with one attached hydrogen (secondary N) is 1. The van der Waals surface area contributed by atoms with E-state index in [1.807, 2.05) is 0 Å². The number of hydrogen-bond acceptors (Lipinski definition) is 6. The second kappa shape index (κ2) is 7.85. The molecule has 0 aliphatic carbocycles. The van der Waals surface area contributed by atoms with Gasteiger partial charge in [0.05, 0.1) is 18.9 Å². The van der Waals surface area contributed by atoms with E-state index < -0.39 is 0 Å². The molecule has 25 heavy (non-hydrogen) atoms. The van der Waals surface area contributed by atoms with Crippen molar-refractivity contribution in [2.45, 2.75) is 25.4 Å². The molecule has 3 aliphatic rings. The highest BCUT2D eigenvalue weighted by Crippen LogP contribution is 2.34. The molecule has 138 valence electrons. The van der Waals surface area contributed by atoms with Gasteiger partial charge in [-0.15, -0.1) is 0 Å². The van der Waals surface area contributed by atoms with Gasteiger partial charge in [0.15, 0.2) is 0 Å². The van der Waals surface area contributed by atoms with Crippen LogP contribution in [0.25, 0.3) is 0 Å². The summed E-state index contributed by atoms with van der Waals surface area (Å²) in [7, 11) is 0. The van der Waals surface area contributed by atoms with Crippen molar-refractivity contribution in [3.8, 4) is 0 Å². The average Bonchev–Trinajstić information content (AvgIpc) is 3.30. The Morgan fingerprint density at radius 2 is 2.20 bits per heavy atom. The molecule has 0 aromatic carbocycles. The van der Waals surface area contributed by atoms with Gasteiger partial charge in [0.25, 0.3) is 5.91 Å². The standard InChI is InChI=1S/C18H27N3O4/c22-18(16-1-5-20-25-16)19-9-17-15-2-6-21(11-14(15)12-24-17)10-13-3-7-23-8-4-13/h1,5,13-15,17H,2-4,6-12H2,(H,19,22)/t14-,15-,17+/m1/s1. The van der Waals surface area contributed by atoms with Crippen molar-refractivity contribution in [3.63, 3.8) is 0 Å². The van der Waals surface area contributed by atoms with Gasteiger partial charge in [0.2, 0.25) is 5.76 Å². The smallest absolute Gasteiger partial charge is 0.289 e. The third-order valence-corrected chi connectivity index (χ3v) is 5.86. The molecule has 3 saturated heterocycles. The van der Waals surface area contributed by atoms with Crippen molar-refractivity contribution in [1.29, 1.82) is 0 Å². The lowest BCUT2D eigenvalue weighted by atomic mass is 9.83. The highest BCUT2D eigenvalue weighted by atomic mass is 16.5. The fourth-order valence-corrected chi connectivity index (χ4v) is 4.45. The Balaban J connectivity index is 1.24. The molecule has 0 saturated carbocycles. The zero-order chi connectivity index (χ0) is 17.1. The molecule has 3 atom stereocenters. The molecular weight excluding hydrogens is 322 g/mol. The predicted octanol–water partition coefficient (Wildman–Crippen LogP) is 1.17. The van der Waals surface area contributed by atoms with Crippen LogP contribution in [-0.4, -0.2) is 68.1 Å². The van der Waals surface area contributed by atoms with Crippen LogP contribution in [0.2, 0.25) is 0 Å². The summed E-state index contributed by atoms with van der Waals surface area (Å²) in [5.41, 5.74) is 0. The van der Waals surface area contributed by atoms with Crippen LogP contribution >= 0.6 is 0 Å². The number of amides is 1.